The van der Waals surface area contributed by atoms with Crippen molar-refractivity contribution in [3.8, 4) is 5.75 Å². The summed E-state index contributed by atoms with van der Waals surface area (Å²) in [5, 5.41) is 3.70. The molecule has 1 aliphatic rings. The summed E-state index contributed by atoms with van der Waals surface area (Å²) in [6, 6.07) is 6.68. The minimum Gasteiger partial charge on any atom is -0.493 e. The third kappa shape index (κ3) is 3.27. The van der Waals surface area contributed by atoms with E-state index < -0.39 is 0 Å². The highest BCUT2D eigenvalue weighted by atomic mass is 79.9. The third-order valence-electron chi connectivity index (χ3n) is 3.80. The van der Waals surface area contributed by atoms with Gasteiger partial charge < -0.3 is 10.1 Å². The molecule has 18 heavy (non-hydrogen) atoms. The summed E-state index contributed by atoms with van der Waals surface area (Å²) in [6.45, 7) is 8.71. The molecule has 2 nitrogen and oxygen atoms in total. The van der Waals surface area contributed by atoms with Crippen molar-refractivity contribution in [3.63, 3.8) is 0 Å². The molecule has 1 N–H and O–H groups in total. The molecule has 0 bridgehead atoms. The second-order valence-corrected chi connectivity index (χ2v) is 6.69. The number of ether oxygens (including phenoxy) is 1. The lowest BCUT2D eigenvalue weighted by atomic mass is 9.89. The SMILES string of the molecule is CCC(C)(C)CNC1CCOc2ccc(Br)cc21. The molecule has 1 heterocycles. The first-order chi connectivity index (χ1) is 8.52. The highest BCUT2D eigenvalue weighted by Crippen LogP contribution is 2.34. The minimum atomic E-state index is 0.352. The van der Waals surface area contributed by atoms with Crippen molar-refractivity contribution < 1.29 is 4.74 Å². The topological polar surface area (TPSA) is 21.3 Å². The van der Waals surface area contributed by atoms with Gasteiger partial charge in [-0.2, -0.15) is 0 Å². The van der Waals surface area contributed by atoms with Gasteiger partial charge in [0.15, 0.2) is 0 Å². The molecule has 0 radical (unpaired) electrons. The van der Waals surface area contributed by atoms with Crippen LogP contribution < -0.4 is 10.1 Å². The summed E-state index contributed by atoms with van der Waals surface area (Å²) in [6.07, 6.45) is 2.23. The second-order valence-electron chi connectivity index (χ2n) is 5.77. The van der Waals surface area contributed by atoms with Crippen LogP contribution in [0.25, 0.3) is 0 Å². The first-order valence-electron chi connectivity index (χ1n) is 6.67. The van der Waals surface area contributed by atoms with Crippen LogP contribution in [-0.2, 0) is 0 Å². The van der Waals surface area contributed by atoms with Crippen LogP contribution in [0.1, 0.15) is 45.2 Å². The van der Waals surface area contributed by atoms with Gasteiger partial charge in [-0.15, -0.1) is 0 Å². The number of hydrogen-bond acceptors (Lipinski definition) is 2. The molecule has 1 aromatic rings. The fourth-order valence-corrected chi connectivity index (χ4v) is 2.48. The maximum absolute atomic E-state index is 5.71. The quantitative estimate of drug-likeness (QED) is 0.895. The Hall–Kier alpha value is -0.540. The van der Waals surface area contributed by atoms with Crippen molar-refractivity contribution in [1.82, 2.24) is 5.32 Å². The van der Waals surface area contributed by atoms with E-state index in [1.807, 2.05) is 6.07 Å². The molecule has 1 unspecified atom stereocenters. The molecule has 2 rings (SSSR count). The Kier molecular flexibility index (Phi) is 4.33. The Labute approximate surface area is 118 Å². The summed E-state index contributed by atoms with van der Waals surface area (Å²) in [4.78, 5) is 0. The summed E-state index contributed by atoms with van der Waals surface area (Å²) in [5.41, 5.74) is 1.63. The zero-order chi connectivity index (χ0) is 13.2. The monoisotopic (exact) mass is 311 g/mol. The Morgan fingerprint density at radius 1 is 1.44 bits per heavy atom. The summed E-state index contributed by atoms with van der Waals surface area (Å²) in [5.74, 6) is 1.02. The first-order valence-corrected chi connectivity index (χ1v) is 7.47. The average Bonchev–Trinajstić information content (AvgIpc) is 2.36. The number of halogens is 1. The molecule has 1 atom stereocenters. The summed E-state index contributed by atoms with van der Waals surface area (Å²) < 4.78 is 6.82. The standard InChI is InChI=1S/C15H22BrNO/c1-4-15(2,3)10-17-13-7-8-18-14-6-5-11(16)9-12(13)14/h5-6,9,13,17H,4,7-8,10H2,1-3H3. The van der Waals surface area contributed by atoms with Crippen LogP contribution in [0, 0.1) is 5.41 Å². The average molecular weight is 312 g/mol. The maximum atomic E-state index is 5.71. The van der Waals surface area contributed by atoms with Gasteiger partial charge >= 0.3 is 0 Å². The fourth-order valence-electron chi connectivity index (χ4n) is 2.10. The number of fused-ring (bicyclic) bond motifs is 1. The number of hydrogen-bond donors (Lipinski definition) is 1. The lowest BCUT2D eigenvalue weighted by Crippen LogP contribution is -2.34. The van der Waals surface area contributed by atoms with E-state index >= 15 is 0 Å². The van der Waals surface area contributed by atoms with Crippen molar-refractivity contribution in [3.05, 3.63) is 28.2 Å². The van der Waals surface area contributed by atoms with Gasteiger partial charge in [0, 0.05) is 29.0 Å². The van der Waals surface area contributed by atoms with Gasteiger partial charge in [0.1, 0.15) is 5.75 Å². The van der Waals surface area contributed by atoms with Crippen LogP contribution >= 0.6 is 15.9 Å². The van der Waals surface area contributed by atoms with Crippen molar-refractivity contribution in [2.24, 2.45) is 5.41 Å². The largest absolute Gasteiger partial charge is 0.493 e. The van der Waals surface area contributed by atoms with Crippen molar-refractivity contribution in [1.29, 1.82) is 0 Å². The second kappa shape index (κ2) is 5.62. The molecule has 0 aromatic heterocycles. The molecule has 1 aliphatic heterocycles. The van der Waals surface area contributed by atoms with Crippen molar-refractivity contribution in [2.75, 3.05) is 13.2 Å². The van der Waals surface area contributed by atoms with E-state index in [0.29, 0.717) is 11.5 Å². The van der Waals surface area contributed by atoms with Gasteiger partial charge in [-0.1, -0.05) is 36.7 Å². The fraction of sp³-hybridized carbons (Fsp3) is 0.600. The Bertz CT molecular complexity index is 417. The van der Waals surface area contributed by atoms with E-state index in [-0.39, 0.29) is 0 Å². The number of nitrogens with one attached hydrogen (secondary N) is 1. The number of rotatable bonds is 4. The van der Waals surface area contributed by atoms with Crippen LogP contribution in [0.3, 0.4) is 0 Å². The molecule has 0 aliphatic carbocycles. The molecular weight excluding hydrogens is 290 g/mol. The molecule has 0 amide bonds. The molecule has 100 valence electrons. The smallest absolute Gasteiger partial charge is 0.124 e. The lowest BCUT2D eigenvalue weighted by Gasteiger charge is -2.31. The predicted octanol–water partition coefficient (Wildman–Crippen LogP) is 4.30. The van der Waals surface area contributed by atoms with E-state index in [4.69, 9.17) is 4.74 Å². The Morgan fingerprint density at radius 2 is 2.22 bits per heavy atom. The summed E-state index contributed by atoms with van der Waals surface area (Å²) >= 11 is 3.54. The van der Waals surface area contributed by atoms with Crippen molar-refractivity contribution in [2.45, 2.75) is 39.7 Å². The minimum absolute atomic E-state index is 0.352. The molecule has 0 fully saturated rings. The molecule has 0 spiro atoms. The van der Waals surface area contributed by atoms with Gasteiger partial charge in [0.2, 0.25) is 0 Å². The van der Waals surface area contributed by atoms with Crippen LogP contribution in [0.5, 0.6) is 5.75 Å². The van der Waals surface area contributed by atoms with Crippen molar-refractivity contribution >= 4 is 15.9 Å². The maximum Gasteiger partial charge on any atom is 0.124 e. The van der Waals surface area contributed by atoms with E-state index in [0.717, 1.165) is 29.8 Å². The number of benzene rings is 1. The first kappa shape index (κ1) is 13.9. The van der Waals surface area contributed by atoms with E-state index in [2.05, 4.69) is 54.2 Å². The van der Waals surface area contributed by atoms with Gasteiger partial charge in [0.25, 0.3) is 0 Å². The summed E-state index contributed by atoms with van der Waals surface area (Å²) in [7, 11) is 0. The highest BCUT2D eigenvalue weighted by Gasteiger charge is 2.24. The zero-order valence-corrected chi connectivity index (χ0v) is 13.0. The van der Waals surface area contributed by atoms with E-state index in [1.165, 1.54) is 12.0 Å². The zero-order valence-electron chi connectivity index (χ0n) is 11.4. The lowest BCUT2D eigenvalue weighted by molar-refractivity contribution is 0.233. The molecular formula is C15H22BrNO. The third-order valence-corrected chi connectivity index (χ3v) is 4.29. The van der Waals surface area contributed by atoms with Gasteiger partial charge in [0.05, 0.1) is 6.61 Å². The molecule has 3 heteroatoms. The van der Waals surface area contributed by atoms with Gasteiger partial charge in [-0.05, 0) is 30.0 Å². The van der Waals surface area contributed by atoms with E-state index in [1.54, 1.807) is 0 Å². The Balaban J connectivity index is 2.10. The predicted molar refractivity (Wildman–Crippen MR) is 79.1 cm³/mol. The normalized spacial score (nSPS) is 19.2. The van der Waals surface area contributed by atoms with E-state index in [9.17, 15) is 0 Å². The van der Waals surface area contributed by atoms with Gasteiger partial charge in [-0.3, -0.25) is 0 Å². The molecule has 0 saturated heterocycles. The van der Waals surface area contributed by atoms with Gasteiger partial charge in [-0.25, -0.2) is 0 Å². The van der Waals surface area contributed by atoms with Crippen LogP contribution in [-0.4, -0.2) is 13.2 Å². The molecule has 1 aromatic carbocycles. The Morgan fingerprint density at radius 3 is 2.94 bits per heavy atom. The molecule has 0 saturated carbocycles. The van der Waals surface area contributed by atoms with Crippen LogP contribution in [0.15, 0.2) is 22.7 Å². The highest BCUT2D eigenvalue weighted by molar-refractivity contribution is 9.10. The van der Waals surface area contributed by atoms with Crippen LogP contribution in [0.2, 0.25) is 0 Å². The van der Waals surface area contributed by atoms with Crippen LogP contribution in [0.4, 0.5) is 0 Å².